The molecular weight excluding hydrogens is 168 g/mol. The van der Waals surface area contributed by atoms with Crippen LogP contribution in [0.4, 0.5) is 0 Å². The fourth-order valence-electron chi connectivity index (χ4n) is 0.945. The van der Waals surface area contributed by atoms with Crippen molar-refractivity contribution in [1.82, 2.24) is 0 Å². The second kappa shape index (κ2) is 4.33. The number of aliphatic hydroxyl groups is 1. The van der Waals surface area contributed by atoms with Gasteiger partial charge in [0.25, 0.3) is 0 Å². The highest BCUT2D eigenvalue weighted by Crippen LogP contribution is 2.03. The molecule has 64 valence electrons. The Morgan fingerprint density at radius 3 is 2.50 bits per heavy atom. The van der Waals surface area contributed by atoms with E-state index in [4.69, 9.17) is 17.3 Å². The van der Waals surface area contributed by atoms with Gasteiger partial charge in [-0.1, -0.05) is 42.5 Å². The van der Waals surface area contributed by atoms with Crippen LogP contribution in [0.2, 0.25) is 0 Å². The summed E-state index contributed by atoms with van der Waals surface area (Å²) in [5, 5.41) is 9.14. The Balaban J connectivity index is 2.59. The number of benzene rings is 1. The Bertz CT molecular complexity index is 254. The molecule has 1 unspecified atom stereocenters. The summed E-state index contributed by atoms with van der Waals surface area (Å²) in [6.45, 7) is 1.70. The molecule has 1 N–H and O–H groups in total. The van der Waals surface area contributed by atoms with Crippen LogP contribution in [-0.2, 0) is 6.42 Å². The largest absolute Gasteiger partial charge is 0.388 e. The van der Waals surface area contributed by atoms with Crippen molar-refractivity contribution in [3.63, 3.8) is 0 Å². The highest BCUT2D eigenvalue weighted by molar-refractivity contribution is 7.80. The van der Waals surface area contributed by atoms with E-state index in [9.17, 15) is 0 Å². The third-order valence-corrected chi connectivity index (χ3v) is 2.17. The number of aliphatic hydroxyl groups excluding tert-OH is 1. The Labute approximate surface area is 78.0 Å². The first kappa shape index (κ1) is 9.36. The minimum absolute atomic E-state index is 0.486. The van der Waals surface area contributed by atoms with Gasteiger partial charge >= 0.3 is 0 Å². The van der Waals surface area contributed by atoms with Gasteiger partial charge in [0.05, 0.1) is 6.10 Å². The number of thiocarbonyl (C=S) groups is 1. The molecule has 1 aromatic carbocycles. The summed E-state index contributed by atoms with van der Waals surface area (Å²) in [5.74, 6) is 0. The van der Waals surface area contributed by atoms with Crippen LogP contribution in [0.25, 0.3) is 0 Å². The van der Waals surface area contributed by atoms with Crippen LogP contribution in [0.3, 0.4) is 0 Å². The van der Waals surface area contributed by atoms with E-state index in [1.807, 2.05) is 30.3 Å². The maximum absolute atomic E-state index is 9.14. The molecule has 1 rings (SSSR count). The third-order valence-electron chi connectivity index (χ3n) is 1.69. The Morgan fingerprint density at radius 2 is 2.00 bits per heavy atom. The third kappa shape index (κ3) is 2.72. The Hall–Kier alpha value is -0.730. The van der Waals surface area contributed by atoms with Gasteiger partial charge in [-0.3, -0.25) is 0 Å². The smallest absolute Gasteiger partial charge is 0.0827 e. The van der Waals surface area contributed by atoms with Gasteiger partial charge in [0, 0.05) is 11.3 Å². The van der Waals surface area contributed by atoms with Crippen molar-refractivity contribution in [3.8, 4) is 0 Å². The molecule has 1 atom stereocenters. The molecule has 0 bridgehead atoms. The van der Waals surface area contributed by atoms with Gasteiger partial charge in [0.1, 0.15) is 0 Å². The van der Waals surface area contributed by atoms with Crippen LogP contribution >= 0.6 is 12.2 Å². The lowest BCUT2D eigenvalue weighted by Gasteiger charge is -2.05. The van der Waals surface area contributed by atoms with Gasteiger partial charge in [-0.05, 0) is 12.5 Å². The van der Waals surface area contributed by atoms with Crippen LogP contribution in [0, 0.1) is 0 Å². The molecule has 0 amide bonds. The lowest BCUT2D eigenvalue weighted by Crippen LogP contribution is -2.15. The van der Waals surface area contributed by atoms with E-state index in [1.165, 1.54) is 0 Å². The van der Waals surface area contributed by atoms with E-state index in [0.717, 1.165) is 5.56 Å². The summed E-state index contributed by atoms with van der Waals surface area (Å²) in [7, 11) is 0. The molecule has 1 nitrogen and oxygen atoms in total. The van der Waals surface area contributed by atoms with Gasteiger partial charge < -0.3 is 5.11 Å². The summed E-state index contributed by atoms with van der Waals surface area (Å²) >= 11 is 5.01. The molecule has 0 aliphatic carbocycles. The van der Waals surface area contributed by atoms with Crippen LogP contribution in [-0.4, -0.2) is 16.1 Å². The monoisotopic (exact) mass is 180 g/mol. The fraction of sp³-hybridized carbons (Fsp3) is 0.300. The molecule has 0 aliphatic heterocycles. The highest BCUT2D eigenvalue weighted by Gasteiger charge is 2.04. The summed E-state index contributed by atoms with van der Waals surface area (Å²) in [6.07, 6.45) is 0.202. The van der Waals surface area contributed by atoms with E-state index in [2.05, 4.69) is 0 Å². The normalized spacial score (nSPS) is 12.5. The van der Waals surface area contributed by atoms with Gasteiger partial charge in [-0.2, -0.15) is 0 Å². The molecule has 0 radical (unpaired) electrons. The van der Waals surface area contributed by atoms with Gasteiger partial charge in [0.2, 0.25) is 0 Å². The molecule has 0 aliphatic rings. The SMILES string of the molecule is CC(O)C(=S)Cc1ccccc1. The van der Waals surface area contributed by atoms with Crippen LogP contribution in [0.1, 0.15) is 12.5 Å². The molecule has 0 saturated carbocycles. The second-order valence-corrected chi connectivity index (χ2v) is 3.33. The minimum atomic E-state index is -0.486. The van der Waals surface area contributed by atoms with E-state index < -0.39 is 6.10 Å². The summed E-state index contributed by atoms with van der Waals surface area (Å²) in [5.41, 5.74) is 1.16. The van der Waals surface area contributed by atoms with Crippen molar-refractivity contribution >= 4 is 17.1 Å². The summed E-state index contributed by atoms with van der Waals surface area (Å²) in [6, 6.07) is 9.93. The second-order valence-electron chi connectivity index (χ2n) is 2.80. The summed E-state index contributed by atoms with van der Waals surface area (Å²) in [4.78, 5) is 0.696. The van der Waals surface area contributed by atoms with E-state index >= 15 is 0 Å². The highest BCUT2D eigenvalue weighted by atomic mass is 32.1. The summed E-state index contributed by atoms with van der Waals surface area (Å²) < 4.78 is 0. The van der Waals surface area contributed by atoms with E-state index in [1.54, 1.807) is 6.92 Å². The molecular formula is C10H12OS. The fourth-order valence-corrected chi connectivity index (χ4v) is 1.11. The molecule has 2 heteroatoms. The minimum Gasteiger partial charge on any atom is -0.388 e. The zero-order valence-corrected chi connectivity index (χ0v) is 7.84. The molecule has 12 heavy (non-hydrogen) atoms. The van der Waals surface area contributed by atoms with Gasteiger partial charge in [0.15, 0.2) is 0 Å². The Morgan fingerprint density at radius 1 is 1.42 bits per heavy atom. The van der Waals surface area contributed by atoms with Crippen molar-refractivity contribution in [2.24, 2.45) is 0 Å². The average Bonchev–Trinajstić information content (AvgIpc) is 2.06. The van der Waals surface area contributed by atoms with Crippen molar-refractivity contribution in [2.75, 3.05) is 0 Å². The first-order valence-electron chi connectivity index (χ1n) is 3.95. The topological polar surface area (TPSA) is 20.2 Å². The van der Waals surface area contributed by atoms with Crippen molar-refractivity contribution in [3.05, 3.63) is 35.9 Å². The zero-order valence-electron chi connectivity index (χ0n) is 7.03. The van der Waals surface area contributed by atoms with Crippen LogP contribution in [0.15, 0.2) is 30.3 Å². The molecule has 0 saturated heterocycles. The standard InChI is InChI=1S/C10H12OS/c1-8(11)10(12)7-9-5-3-2-4-6-9/h2-6,8,11H,7H2,1H3. The van der Waals surface area contributed by atoms with Crippen LogP contribution in [0.5, 0.6) is 0 Å². The molecule has 1 aromatic rings. The molecule has 0 fully saturated rings. The Kier molecular flexibility index (Phi) is 3.38. The predicted octanol–water partition coefficient (Wildman–Crippen LogP) is 1.98. The lowest BCUT2D eigenvalue weighted by atomic mass is 10.1. The first-order valence-corrected chi connectivity index (χ1v) is 4.35. The average molecular weight is 180 g/mol. The van der Waals surface area contributed by atoms with Gasteiger partial charge in [-0.15, -0.1) is 0 Å². The zero-order chi connectivity index (χ0) is 8.97. The first-order chi connectivity index (χ1) is 5.70. The van der Waals surface area contributed by atoms with Crippen molar-refractivity contribution < 1.29 is 5.11 Å². The van der Waals surface area contributed by atoms with E-state index in [-0.39, 0.29) is 0 Å². The molecule has 0 spiro atoms. The number of rotatable bonds is 3. The van der Waals surface area contributed by atoms with Crippen LogP contribution < -0.4 is 0 Å². The quantitative estimate of drug-likeness (QED) is 0.718. The molecule has 0 heterocycles. The maximum atomic E-state index is 9.14. The van der Waals surface area contributed by atoms with E-state index in [0.29, 0.717) is 11.3 Å². The van der Waals surface area contributed by atoms with Crippen molar-refractivity contribution in [2.45, 2.75) is 19.4 Å². The molecule has 0 aromatic heterocycles. The predicted molar refractivity (Wildman–Crippen MR) is 54.4 cm³/mol. The van der Waals surface area contributed by atoms with Gasteiger partial charge in [-0.25, -0.2) is 0 Å². The number of hydrogen-bond acceptors (Lipinski definition) is 2. The number of hydrogen-bond donors (Lipinski definition) is 1. The lowest BCUT2D eigenvalue weighted by molar-refractivity contribution is 0.263. The maximum Gasteiger partial charge on any atom is 0.0827 e. The van der Waals surface area contributed by atoms with Crippen molar-refractivity contribution in [1.29, 1.82) is 0 Å².